The molecule has 0 bridgehead atoms. The minimum atomic E-state index is 0.180. The van der Waals surface area contributed by atoms with Crippen molar-refractivity contribution in [3.8, 4) is 0 Å². The first kappa shape index (κ1) is 8.53. The molecule has 0 radical (unpaired) electrons. The van der Waals surface area contributed by atoms with Gasteiger partial charge in [-0.05, 0) is 0 Å². The molecule has 2 unspecified atom stereocenters. The number of carbonyl (C=O) groups is 1. The number of carbonyl (C=O) groups excluding carboxylic acids is 1. The predicted molar refractivity (Wildman–Crippen MR) is 42.3 cm³/mol. The third kappa shape index (κ3) is 1.25. The van der Waals surface area contributed by atoms with Crippen LogP contribution in [0.3, 0.4) is 0 Å². The van der Waals surface area contributed by atoms with Crippen LogP contribution in [0.1, 0.15) is 20.8 Å². The first-order valence-electron chi connectivity index (χ1n) is 4.18. The van der Waals surface area contributed by atoms with Crippen LogP contribution in [0.25, 0.3) is 0 Å². The Kier molecular flexibility index (Phi) is 2.49. The van der Waals surface area contributed by atoms with Crippen LogP contribution in [-0.2, 0) is 9.53 Å². The molecule has 2 rings (SSSR count). The molecule has 2 aliphatic heterocycles. The molecule has 1 amide bonds. The molecular formula is C8H15NO2. The van der Waals surface area contributed by atoms with Crippen molar-refractivity contribution in [2.75, 3.05) is 13.2 Å². The smallest absolute Gasteiger partial charge is 0.219 e. The van der Waals surface area contributed by atoms with Crippen molar-refractivity contribution in [1.29, 1.82) is 0 Å². The summed E-state index contributed by atoms with van der Waals surface area (Å²) in [6.45, 7) is 7.18. The van der Waals surface area contributed by atoms with Gasteiger partial charge in [-0.25, -0.2) is 0 Å². The van der Waals surface area contributed by atoms with Gasteiger partial charge in [0.2, 0.25) is 5.91 Å². The Balaban J connectivity index is 0.000000281. The lowest BCUT2D eigenvalue weighted by atomic mass is 9.95. The molecule has 0 N–H and O–H groups in total. The highest BCUT2D eigenvalue weighted by atomic mass is 16.5. The lowest BCUT2D eigenvalue weighted by Gasteiger charge is -2.54. The minimum Gasteiger partial charge on any atom is -0.372 e. The Morgan fingerprint density at radius 1 is 1.55 bits per heavy atom. The number of fused-ring (bicyclic) bond motifs is 1. The van der Waals surface area contributed by atoms with Crippen LogP contribution in [-0.4, -0.2) is 36.1 Å². The van der Waals surface area contributed by atoms with Gasteiger partial charge in [0, 0.05) is 13.5 Å². The number of amides is 1. The van der Waals surface area contributed by atoms with Gasteiger partial charge in [-0.15, -0.1) is 0 Å². The third-order valence-corrected chi connectivity index (χ3v) is 2.09. The van der Waals surface area contributed by atoms with E-state index >= 15 is 0 Å². The number of hydrogen-bond acceptors (Lipinski definition) is 2. The highest BCUT2D eigenvalue weighted by Gasteiger charge is 2.48. The lowest BCUT2D eigenvalue weighted by Crippen LogP contribution is -2.71. The van der Waals surface area contributed by atoms with Crippen LogP contribution in [0.2, 0.25) is 0 Å². The number of nitrogens with zero attached hydrogens (tertiary/aromatic N) is 1. The second-order valence-electron chi connectivity index (χ2n) is 2.61. The van der Waals surface area contributed by atoms with E-state index in [1.54, 1.807) is 6.92 Å². The van der Waals surface area contributed by atoms with Crippen molar-refractivity contribution in [1.82, 2.24) is 4.90 Å². The maximum atomic E-state index is 10.7. The van der Waals surface area contributed by atoms with E-state index in [1.807, 2.05) is 18.7 Å². The second kappa shape index (κ2) is 3.22. The summed E-state index contributed by atoms with van der Waals surface area (Å²) in [7, 11) is 0. The minimum absolute atomic E-state index is 0.180. The first-order chi connectivity index (χ1) is 5.29. The molecule has 2 heterocycles. The van der Waals surface area contributed by atoms with E-state index in [-0.39, 0.29) is 5.91 Å². The van der Waals surface area contributed by atoms with Crippen molar-refractivity contribution >= 4 is 5.91 Å². The summed E-state index contributed by atoms with van der Waals surface area (Å²) >= 11 is 0. The zero-order chi connectivity index (χ0) is 8.43. The average Bonchev–Trinajstić information content (AvgIpc) is 1.98. The first-order valence-corrected chi connectivity index (χ1v) is 4.18. The molecule has 3 heteroatoms. The molecule has 2 atom stereocenters. The van der Waals surface area contributed by atoms with Crippen LogP contribution in [0.15, 0.2) is 0 Å². The molecule has 0 spiro atoms. The molecule has 2 saturated heterocycles. The van der Waals surface area contributed by atoms with Crippen LogP contribution in [0.4, 0.5) is 0 Å². The molecule has 64 valence electrons. The molecule has 0 aromatic heterocycles. The lowest BCUT2D eigenvalue weighted by molar-refractivity contribution is -0.214. The molecule has 2 aliphatic rings. The fourth-order valence-electron chi connectivity index (χ4n) is 1.34. The summed E-state index contributed by atoms with van der Waals surface area (Å²) in [5, 5.41) is 0. The highest BCUT2D eigenvalue weighted by Crippen LogP contribution is 2.29. The van der Waals surface area contributed by atoms with Gasteiger partial charge >= 0.3 is 0 Å². The van der Waals surface area contributed by atoms with E-state index < -0.39 is 0 Å². The second-order valence-corrected chi connectivity index (χ2v) is 2.61. The molecule has 0 saturated carbocycles. The summed E-state index contributed by atoms with van der Waals surface area (Å²) in [5.74, 6) is 0.180. The molecule has 2 fully saturated rings. The fourth-order valence-corrected chi connectivity index (χ4v) is 1.34. The van der Waals surface area contributed by atoms with Crippen molar-refractivity contribution in [2.45, 2.75) is 32.9 Å². The quantitative estimate of drug-likeness (QED) is 0.516. The van der Waals surface area contributed by atoms with E-state index in [0.717, 1.165) is 13.2 Å². The zero-order valence-electron chi connectivity index (χ0n) is 7.33. The molecule has 0 aliphatic carbocycles. The summed E-state index contributed by atoms with van der Waals surface area (Å²) in [5.41, 5.74) is 0. The predicted octanol–water partition coefficient (Wildman–Crippen LogP) is 0.642. The summed E-state index contributed by atoms with van der Waals surface area (Å²) < 4.78 is 5.12. The number of hydrogen-bond donors (Lipinski definition) is 0. The molecule has 3 nitrogen and oxygen atoms in total. The van der Waals surface area contributed by atoms with E-state index in [1.165, 1.54) is 0 Å². The average molecular weight is 157 g/mol. The molecule has 0 aromatic rings. The summed E-state index contributed by atoms with van der Waals surface area (Å²) in [6.07, 6.45) is 0.383. The van der Waals surface area contributed by atoms with Crippen LogP contribution >= 0.6 is 0 Å². The standard InChI is InChI=1S/C6H9NO2.C2H6/c1-4(8)7-2-6-5(7)3-9-6;1-2/h5-6H,2-3H2,1H3;1-2H3. The topological polar surface area (TPSA) is 29.5 Å². The maximum Gasteiger partial charge on any atom is 0.219 e. The van der Waals surface area contributed by atoms with Crippen molar-refractivity contribution in [2.24, 2.45) is 0 Å². The van der Waals surface area contributed by atoms with Crippen LogP contribution in [0, 0.1) is 0 Å². The monoisotopic (exact) mass is 157 g/mol. The Hall–Kier alpha value is -0.570. The Morgan fingerprint density at radius 2 is 2.18 bits per heavy atom. The zero-order valence-corrected chi connectivity index (χ0v) is 7.33. The fraction of sp³-hybridized carbons (Fsp3) is 0.875. The van der Waals surface area contributed by atoms with Gasteiger partial charge < -0.3 is 9.64 Å². The highest BCUT2D eigenvalue weighted by molar-refractivity contribution is 5.75. The van der Waals surface area contributed by atoms with Crippen molar-refractivity contribution in [3.05, 3.63) is 0 Å². The van der Waals surface area contributed by atoms with E-state index in [0.29, 0.717) is 12.1 Å². The normalized spacial score (nSPS) is 32.1. The van der Waals surface area contributed by atoms with Crippen molar-refractivity contribution < 1.29 is 9.53 Å². The Bertz CT molecular complexity index is 158. The van der Waals surface area contributed by atoms with Crippen molar-refractivity contribution in [3.63, 3.8) is 0 Å². The van der Waals surface area contributed by atoms with Gasteiger partial charge in [0.05, 0.1) is 18.8 Å². The van der Waals surface area contributed by atoms with E-state index in [9.17, 15) is 4.79 Å². The molecule has 0 aromatic carbocycles. The van der Waals surface area contributed by atoms with Gasteiger partial charge in [-0.2, -0.15) is 0 Å². The van der Waals surface area contributed by atoms with Gasteiger partial charge in [-0.1, -0.05) is 13.8 Å². The summed E-state index contributed by atoms with van der Waals surface area (Å²) in [4.78, 5) is 12.5. The van der Waals surface area contributed by atoms with Gasteiger partial charge in [0.25, 0.3) is 0 Å². The number of rotatable bonds is 0. The largest absolute Gasteiger partial charge is 0.372 e. The van der Waals surface area contributed by atoms with Gasteiger partial charge in [0.1, 0.15) is 0 Å². The number of morpholine rings is 1. The van der Waals surface area contributed by atoms with Crippen LogP contribution < -0.4 is 0 Å². The molecule has 11 heavy (non-hydrogen) atoms. The van der Waals surface area contributed by atoms with Crippen LogP contribution in [0.5, 0.6) is 0 Å². The Morgan fingerprint density at radius 3 is 2.27 bits per heavy atom. The number of ether oxygens (including phenoxy) is 1. The SMILES string of the molecule is CC.CC(=O)N1CC2OCC21. The molecular weight excluding hydrogens is 142 g/mol. The van der Waals surface area contributed by atoms with E-state index in [2.05, 4.69) is 0 Å². The maximum absolute atomic E-state index is 10.7. The Labute approximate surface area is 67.3 Å². The number of likely N-dealkylation sites (tertiary alicyclic amines) is 1. The van der Waals surface area contributed by atoms with Gasteiger partial charge in [-0.3, -0.25) is 4.79 Å². The van der Waals surface area contributed by atoms with E-state index in [4.69, 9.17) is 4.74 Å². The summed E-state index contributed by atoms with van der Waals surface area (Å²) in [6, 6.07) is 0.433. The third-order valence-electron chi connectivity index (χ3n) is 2.09. The van der Waals surface area contributed by atoms with Gasteiger partial charge in [0.15, 0.2) is 0 Å².